The van der Waals surface area contributed by atoms with Crippen LogP contribution in [0.2, 0.25) is 0 Å². The van der Waals surface area contributed by atoms with Crippen LogP contribution in [0.15, 0.2) is 35.6 Å². The highest BCUT2D eigenvalue weighted by atomic mass is 32.2. The maximum atomic E-state index is 9.13. The topological polar surface area (TPSA) is 50.9 Å². The third kappa shape index (κ3) is 2.51. The van der Waals surface area contributed by atoms with Crippen LogP contribution in [0.3, 0.4) is 0 Å². The normalized spacial score (nSPS) is 11.3. The van der Waals surface area contributed by atoms with Crippen molar-refractivity contribution in [3.63, 3.8) is 0 Å². The van der Waals surface area contributed by atoms with Crippen LogP contribution >= 0.6 is 23.1 Å². The Morgan fingerprint density at radius 2 is 2.21 bits per heavy atom. The van der Waals surface area contributed by atoms with Gasteiger partial charge in [0.15, 0.2) is 5.16 Å². The molecular weight excluding hydrogens is 278 g/mol. The van der Waals surface area contributed by atoms with Gasteiger partial charge in [0.2, 0.25) is 0 Å². The minimum Gasteiger partial charge on any atom is -0.390 e. The summed E-state index contributed by atoms with van der Waals surface area (Å²) in [7, 11) is 1.92. The summed E-state index contributed by atoms with van der Waals surface area (Å²) < 4.78 is 3.13. The van der Waals surface area contributed by atoms with Crippen molar-refractivity contribution < 1.29 is 5.11 Å². The first-order valence-electron chi connectivity index (χ1n) is 5.86. The number of nitrogens with zero attached hydrogens (tertiary/aromatic N) is 3. The molecule has 4 nitrogen and oxygen atoms in total. The standard InChI is InChI=1S/C13H13N3OS2/c1-16-9(7-17)6-14-13(16)18-8-12-15-10-4-2-3-5-11(10)19-12/h2-6,17H,7-8H2,1H3. The van der Waals surface area contributed by atoms with Gasteiger partial charge in [0.1, 0.15) is 5.01 Å². The Bertz CT molecular complexity index is 672. The summed E-state index contributed by atoms with van der Waals surface area (Å²) >= 11 is 3.36. The van der Waals surface area contributed by atoms with E-state index in [0.717, 1.165) is 27.1 Å². The average Bonchev–Trinajstić information content (AvgIpc) is 2.99. The molecule has 6 heteroatoms. The molecule has 3 rings (SSSR count). The van der Waals surface area contributed by atoms with Crippen molar-refractivity contribution in [1.29, 1.82) is 0 Å². The maximum absolute atomic E-state index is 9.13. The molecule has 0 aliphatic carbocycles. The number of thiazole rings is 1. The van der Waals surface area contributed by atoms with Crippen molar-refractivity contribution in [2.45, 2.75) is 17.5 Å². The maximum Gasteiger partial charge on any atom is 0.168 e. The molecule has 0 unspecified atom stereocenters. The Morgan fingerprint density at radius 3 is 2.95 bits per heavy atom. The molecule has 0 aliphatic rings. The SMILES string of the molecule is Cn1c(CO)cnc1SCc1nc2ccccc2s1. The largest absolute Gasteiger partial charge is 0.390 e. The first-order chi connectivity index (χ1) is 9.28. The fourth-order valence-electron chi connectivity index (χ4n) is 1.81. The molecule has 0 radical (unpaired) electrons. The van der Waals surface area contributed by atoms with Crippen LogP contribution in [-0.4, -0.2) is 19.6 Å². The molecule has 3 aromatic rings. The summed E-state index contributed by atoms with van der Waals surface area (Å²) in [6.07, 6.45) is 1.71. The number of para-hydroxylation sites is 1. The van der Waals surface area contributed by atoms with Gasteiger partial charge < -0.3 is 9.67 Å². The highest BCUT2D eigenvalue weighted by Crippen LogP contribution is 2.27. The van der Waals surface area contributed by atoms with Gasteiger partial charge in [-0.2, -0.15) is 0 Å². The lowest BCUT2D eigenvalue weighted by Gasteiger charge is -2.02. The molecule has 0 fully saturated rings. The predicted octanol–water partition coefficient (Wildman–Crippen LogP) is 2.81. The van der Waals surface area contributed by atoms with Gasteiger partial charge in [0, 0.05) is 7.05 Å². The van der Waals surface area contributed by atoms with E-state index in [1.165, 1.54) is 4.70 Å². The quantitative estimate of drug-likeness (QED) is 0.751. The second-order valence-corrected chi connectivity index (χ2v) is 6.17. The monoisotopic (exact) mass is 291 g/mol. The molecule has 0 aliphatic heterocycles. The second-order valence-electron chi connectivity index (χ2n) is 4.11. The number of rotatable bonds is 4. The minimum atomic E-state index is 0.0190. The van der Waals surface area contributed by atoms with E-state index in [2.05, 4.69) is 16.0 Å². The van der Waals surface area contributed by atoms with Gasteiger partial charge in [-0.05, 0) is 12.1 Å². The van der Waals surface area contributed by atoms with Crippen LogP contribution in [-0.2, 0) is 19.4 Å². The Kier molecular flexibility index (Phi) is 3.54. The number of aromatic nitrogens is 3. The molecule has 0 bridgehead atoms. The first-order valence-corrected chi connectivity index (χ1v) is 7.67. The van der Waals surface area contributed by atoms with Crippen molar-refractivity contribution in [1.82, 2.24) is 14.5 Å². The van der Waals surface area contributed by atoms with E-state index >= 15 is 0 Å². The van der Waals surface area contributed by atoms with E-state index in [-0.39, 0.29) is 6.61 Å². The number of hydrogen-bond donors (Lipinski definition) is 1. The molecule has 0 saturated carbocycles. The van der Waals surface area contributed by atoms with Crippen molar-refractivity contribution in [3.05, 3.63) is 41.2 Å². The molecule has 0 amide bonds. The van der Waals surface area contributed by atoms with Crippen molar-refractivity contribution in [3.8, 4) is 0 Å². The molecule has 1 aromatic carbocycles. The van der Waals surface area contributed by atoms with E-state index < -0.39 is 0 Å². The number of aliphatic hydroxyl groups is 1. The van der Waals surface area contributed by atoms with Gasteiger partial charge in [0.25, 0.3) is 0 Å². The Morgan fingerprint density at radius 1 is 1.37 bits per heavy atom. The lowest BCUT2D eigenvalue weighted by molar-refractivity contribution is 0.271. The number of aliphatic hydroxyl groups excluding tert-OH is 1. The van der Waals surface area contributed by atoms with Gasteiger partial charge in [-0.25, -0.2) is 9.97 Å². The number of hydrogen-bond acceptors (Lipinski definition) is 5. The average molecular weight is 291 g/mol. The summed E-state index contributed by atoms with van der Waals surface area (Å²) in [6, 6.07) is 8.16. The van der Waals surface area contributed by atoms with Crippen LogP contribution in [0.25, 0.3) is 10.2 Å². The molecule has 2 heterocycles. The second kappa shape index (κ2) is 5.32. The zero-order chi connectivity index (χ0) is 13.2. The molecule has 2 aromatic heterocycles. The highest BCUT2D eigenvalue weighted by molar-refractivity contribution is 7.98. The van der Waals surface area contributed by atoms with Crippen molar-refractivity contribution >= 4 is 33.3 Å². The number of imidazole rings is 1. The van der Waals surface area contributed by atoms with Crippen molar-refractivity contribution in [2.75, 3.05) is 0 Å². The minimum absolute atomic E-state index is 0.0190. The molecule has 0 saturated heterocycles. The van der Waals surface area contributed by atoms with Crippen LogP contribution in [0, 0.1) is 0 Å². The number of benzene rings is 1. The van der Waals surface area contributed by atoms with E-state index in [4.69, 9.17) is 5.11 Å². The van der Waals surface area contributed by atoms with Gasteiger partial charge in [-0.15, -0.1) is 11.3 Å². The van der Waals surface area contributed by atoms with Gasteiger partial charge in [-0.1, -0.05) is 23.9 Å². The third-order valence-electron chi connectivity index (χ3n) is 2.87. The fourth-order valence-corrected chi connectivity index (χ4v) is 3.75. The zero-order valence-corrected chi connectivity index (χ0v) is 12.0. The zero-order valence-electron chi connectivity index (χ0n) is 10.4. The van der Waals surface area contributed by atoms with Crippen molar-refractivity contribution in [2.24, 2.45) is 7.05 Å². The predicted molar refractivity (Wildman–Crippen MR) is 78.3 cm³/mol. The van der Waals surface area contributed by atoms with Crippen LogP contribution in [0.5, 0.6) is 0 Å². The molecular formula is C13H13N3OS2. The summed E-state index contributed by atoms with van der Waals surface area (Å²) in [5, 5.41) is 11.1. The van der Waals surface area contributed by atoms with Gasteiger partial charge >= 0.3 is 0 Å². The number of thioether (sulfide) groups is 1. The summed E-state index contributed by atoms with van der Waals surface area (Å²) in [5.41, 5.74) is 1.88. The Labute approximate surface area is 119 Å². The molecule has 19 heavy (non-hydrogen) atoms. The lowest BCUT2D eigenvalue weighted by Crippen LogP contribution is -1.97. The molecule has 98 valence electrons. The molecule has 0 spiro atoms. The van der Waals surface area contributed by atoms with Crippen LogP contribution < -0.4 is 0 Å². The van der Waals surface area contributed by atoms with E-state index in [1.54, 1.807) is 29.3 Å². The smallest absolute Gasteiger partial charge is 0.168 e. The third-order valence-corrected chi connectivity index (χ3v) is 5.14. The van der Waals surface area contributed by atoms with Gasteiger partial charge in [-0.3, -0.25) is 0 Å². The molecule has 1 N–H and O–H groups in total. The Balaban J connectivity index is 1.76. The summed E-state index contributed by atoms with van der Waals surface area (Å²) in [6.45, 7) is 0.0190. The van der Waals surface area contributed by atoms with E-state index in [0.29, 0.717) is 0 Å². The number of fused-ring (bicyclic) bond motifs is 1. The summed E-state index contributed by atoms with van der Waals surface area (Å²) in [5.74, 6) is 0.801. The van der Waals surface area contributed by atoms with Gasteiger partial charge in [0.05, 0.1) is 34.5 Å². The highest BCUT2D eigenvalue weighted by Gasteiger charge is 2.08. The lowest BCUT2D eigenvalue weighted by atomic mass is 10.3. The van der Waals surface area contributed by atoms with E-state index in [9.17, 15) is 0 Å². The van der Waals surface area contributed by atoms with Crippen LogP contribution in [0.4, 0.5) is 0 Å². The molecule has 0 atom stereocenters. The Hall–Kier alpha value is -1.37. The summed E-state index contributed by atoms with van der Waals surface area (Å²) in [4.78, 5) is 8.89. The fraction of sp³-hybridized carbons (Fsp3) is 0.231. The van der Waals surface area contributed by atoms with E-state index in [1.807, 2.05) is 29.8 Å². The van der Waals surface area contributed by atoms with Crippen LogP contribution in [0.1, 0.15) is 10.7 Å². The first kappa shape index (κ1) is 12.7.